The van der Waals surface area contributed by atoms with Gasteiger partial charge >= 0.3 is 0 Å². The molecule has 2 unspecified atom stereocenters. The monoisotopic (exact) mass is 635 g/mol. The lowest BCUT2D eigenvalue weighted by molar-refractivity contribution is -0.116. The van der Waals surface area contributed by atoms with Gasteiger partial charge in [-0.1, -0.05) is 76.2 Å². The smallest absolute Gasteiger partial charge is 0.224 e. The molecule has 0 saturated heterocycles. The van der Waals surface area contributed by atoms with Crippen molar-refractivity contribution in [3.63, 3.8) is 0 Å². The van der Waals surface area contributed by atoms with Gasteiger partial charge in [-0.05, 0) is 77.6 Å². The Balaban J connectivity index is 0.000000478. The SMILES string of the molecule is CC.CCC(=O)Nc1cccc(-c2ccc(CC(C=O)NS(=O)(=C3CC3)c3cccs3)cc2)c1.CCc1cccnc1.CO. The van der Waals surface area contributed by atoms with Crippen LogP contribution in [0.3, 0.4) is 0 Å². The Kier molecular flexibility index (Phi) is 16.3. The fraction of sp³-hybridized carbons (Fsp3) is 0.314. The summed E-state index contributed by atoms with van der Waals surface area (Å²) in [4.78, 5) is 28.4. The molecule has 2 aromatic heterocycles. The Bertz CT molecular complexity index is 1520. The van der Waals surface area contributed by atoms with Gasteiger partial charge in [0, 0.05) is 36.5 Å². The maximum Gasteiger partial charge on any atom is 0.224 e. The molecule has 0 spiro atoms. The number of thiophene rings is 1. The molecule has 0 radical (unpaired) electrons. The van der Waals surface area contributed by atoms with Crippen LogP contribution in [0.2, 0.25) is 0 Å². The predicted molar refractivity (Wildman–Crippen MR) is 186 cm³/mol. The Hall–Kier alpha value is -3.63. The number of rotatable bonds is 10. The Morgan fingerprint density at radius 2 is 1.70 bits per heavy atom. The summed E-state index contributed by atoms with van der Waals surface area (Å²) in [6, 6.07) is 23.0. The molecule has 2 heterocycles. The molecule has 1 aliphatic rings. The van der Waals surface area contributed by atoms with Gasteiger partial charge in [-0.25, -0.2) is 8.93 Å². The molecule has 1 aliphatic carbocycles. The summed E-state index contributed by atoms with van der Waals surface area (Å²) in [5.74, 6) is -0.0200. The van der Waals surface area contributed by atoms with E-state index in [1.807, 2.05) is 99.1 Å². The molecule has 236 valence electrons. The summed E-state index contributed by atoms with van der Waals surface area (Å²) >= 11 is 1.46. The van der Waals surface area contributed by atoms with Crippen molar-refractivity contribution in [2.45, 2.75) is 70.1 Å². The average Bonchev–Trinajstić information content (AvgIpc) is 3.81. The van der Waals surface area contributed by atoms with Crippen LogP contribution in [0.25, 0.3) is 11.1 Å². The topological polar surface area (TPSA) is 108 Å². The fourth-order valence-electron chi connectivity index (χ4n) is 4.10. The number of nitrogens with zero attached hydrogens (tertiary/aromatic N) is 1. The molecular weight excluding hydrogens is 591 g/mol. The van der Waals surface area contributed by atoms with Gasteiger partial charge in [0.15, 0.2) is 0 Å². The van der Waals surface area contributed by atoms with Crippen LogP contribution >= 0.6 is 11.3 Å². The molecule has 0 aliphatic heterocycles. The first kappa shape index (κ1) is 36.6. The van der Waals surface area contributed by atoms with Gasteiger partial charge in [0.05, 0.1) is 20.0 Å². The van der Waals surface area contributed by atoms with Crippen LogP contribution in [0.5, 0.6) is 0 Å². The minimum Gasteiger partial charge on any atom is -0.400 e. The third kappa shape index (κ3) is 11.1. The Labute approximate surface area is 266 Å². The second-order valence-corrected chi connectivity index (χ2v) is 13.1. The van der Waals surface area contributed by atoms with Crippen LogP contribution in [0.15, 0.2) is 94.8 Å². The van der Waals surface area contributed by atoms with E-state index in [-0.39, 0.29) is 5.91 Å². The van der Waals surface area contributed by atoms with E-state index in [4.69, 9.17) is 5.11 Å². The molecule has 0 bridgehead atoms. The zero-order valence-electron chi connectivity index (χ0n) is 26.3. The van der Waals surface area contributed by atoms with Crippen LogP contribution in [0.4, 0.5) is 5.69 Å². The highest BCUT2D eigenvalue weighted by Crippen LogP contribution is 2.28. The number of aromatic nitrogens is 1. The zero-order valence-corrected chi connectivity index (χ0v) is 27.9. The number of amides is 1. The van der Waals surface area contributed by atoms with Crippen molar-refractivity contribution in [2.75, 3.05) is 12.4 Å². The number of aryl methyl sites for hydroxylation is 1. The molecule has 5 rings (SSSR count). The van der Waals surface area contributed by atoms with E-state index in [9.17, 15) is 13.8 Å². The number of hydrogen-bond donors (Lipinski definition) is 3. The number of nitrogens with one attached hydrogen (secondary N) is 2. The van der Waals surface area contributed by atoms with Crippen LogP contribution in [0.1, 0.15) is 58.1 Å². The lowest BCUT2D eigenvalue weighted by Crippen LogP contribution is -2.38. The van der Waals surface area contributed by atoms with Gasteiger partial charge in [-0.2, -0.15) is 0 Å². The minimum absolute atomic E-state index is 0.0200. The summed E-state index contributed by atoms with van der Waals surface area (Å²) < 4.78 is 17.6. The standard InChI is InChI=1S/C25H26N2O3S2.C7H9N.C2H6.CH4O/c1-2-24(29)26-21-6-3-5-20(16-21)19-10-8-18(9-11-19)15-22(17-28)27-32(30,23-12-13-23)25-7-4-14-31-25;1-2-7-4-3-5-8-6-7;2*1-2/h3-11,14,16-17,22H,2,12-13,15H2,1H3,(H,26,29)(H,27,30);3-6H,2H2,1H3;1-2H3;2H,1H3. The van der Waals surface area contributed by atoms with Gasteiger partial charge in [0.1, 0.15) is 6.29 Å². The van der Waals surface area contributed by atoms with Gasteiger partial charge in [0.25, 0.3) is 0 Å². The Morgan fingerprint density at radius 3 is 2.23 bits per heavy atom. The first-order valence-corrected chi connectivity index (χ1v) is 17.4. The van der Waals surface area contributed by atoms with Crippen LogP contribution < -0.4 is 10.0 Å². The summed E-state index contributed by atoms with van der Waals surface area (Å²) in [7, 11) is -1.51. The van der Waals surface area contributed by atoms with Crippen molar-refractivity contribution in [1.29, 1.82) is 0 Å². The van der Waals surface area contributed by atoms with Crippen LogP contribution in [-0.2, 0) is 32.1 Å². The highest BCUT2D eigenvalue weighted by molar-refractivity contribution is 8.02. The molecule has 2 atom stereocenters. The van der Waals surface area contributed by atoms with Gasteiger partial charge < -0.3 is 15.2 Å². The molecule has 3 N–H and O–H groups in total. The maximum absolute atomic E-state index is 13.6. The van der Waals surface area contributed by atoms with Crippen molar-refractivity contribution in [2.24, 2.45) is 0 Å². The second kappa shape index (κ2) is 19.6. The van der Waals surface area contributed by atoms with E-state index in [2.05, 4.69) is 28.0 Å². The van der Waals surface area contributed by atoms with Gasteiger partial charge in [-0.15, -0.1) is 11.3 Å². The Morgan fingerprint density at radius 1 is 0.977 bits per heavy atom. The summed E-state index contributed by atoms with van der Waals surface area (Å²) in [5, 5.41) is 11.8. The number of benzene rings is 2. The molecule has 2 aromatic carbocycles. The number of pyridine rings is 1. The van der Waals surface area contributed by atoms with Crippen molar-refractivity contribution in [3.8, 4) is 11.1 Å². The van der Waals surface area contributed by atoms with E-state index in [0.29, 0.717) is 12.8 Å². The lowest BCUT2D eigenvalue weighted by Gasteiger charge is -2.17. The molecule has 7 nitrogen and oxygen atoms in total. The largest absolute Gasteiger partial charge is 0.400 e. The molecular formula is C35H45N3O4S2. The first-order chi connectivity index (χ1) is 21.4. The fourth-order valence-corrected chi connectivity index (χ4v) is 7.84. The van der Waals surface area contributed by atoms with Gasteiger partial charge in [0.2, 0.25) is 5.91 Å². The molecule has 44 heavy (non-hydrogen) atoms. The average molecular weight is 636 g/mol. The van der Waals surface area contributed by atoms with E-state index < -0.39 is 15.7 Å². The van der Waals surface area contributed by atoms with Crippen LogP contribution in [0, 0.1) is 0 Å². The lowest BCUT2D eigenvalue weighted by atomic mass is 10.0. The molecule has 1 saturated carbocycles. The van der Waals surface area contributed by atoms with Crippen molar-refractivity contribution in [3.05, 3.63) is 102 Å². The normalized spacial score (nSPS) is 13.3. The quantitative estimate of drug-likeness (QED) is 0.129. The number of carbonyl (C=O) groups is 2. The number of aliphatic hydroxyl groups is 1. The van der Waals surface area contributed by atoms with E-state index in [1.54, 1.807) is 6.20 Å². The second-order valence-electron chi connectivity index (χ2n) is 9.49. The van der Waals surface area contributed by atoms with Crippen molar-refractivity contribution in [1.82, 2.24) is 9.71 Å². The molecule has 9 heteroatoms. The number of carbonyl (C=O) groups excluding carboxylic acids is 2. The molecule has 4 aromatic rings. The third-order valence-electron chi connectivity index (χ3n) is 6.46. The number of aldehydes is 1. The summed E-state index contributed by atoms with van der Waals surface area (Å²) in [6.07, 6.45) is 8.20. The van der Waals surface area contributed by atoms with E-state index in [0.717, 1.165) is 64.1 Å². The van der Waals surface area contributed by atoms with Crippen molar-refractivity contribution >= 4 is 43.8 Å². The highest BCUT2D eigenvalue weighted by atomic mass is 32.2. The van der Waals surface area contributed by atoms with Crippen molar-refractivity contribution < 1.29 is 18.9 Å². The number of aliphatic hydroxyl groups excluding tert-OH is 1. The first-order valence-electron chi connectivity index (χ1n) is 14.9. The highest BCUT2D eigenvalue weighted by Gasteiger charge is 2.28. The van der Waals surface area contributed by atoms with E-state index in [1.165, 1.54) is 16.9 Å². The maximum atomic E-state index is 13.6. The minimum atomic E-state index is -2.51. The van der Waals surface area contributed by atoms with Gasteiger partial charge in [-0.3, -0.25) is 9.78 Å². The molecule has 1 amide bonds. The summed E-state index contributed by atoms with van der Waals surface area (Å²) in [5.41, 5.74) is 5.08. The van der Waals surface area contributed by atoms with Crippen LogP contribution in [-0.4, -0.2) is 44.5 Å². The predicted octanol–water partition coefficient (Wildman–Crippen LogP) is 6.97. The molecule has 1 fully saturated rings. The number of anilines is 1. The summed E-state index contributed by atoms with van der Waals surface area (Å²) in [6.45, 7) is 7.94. The zero-order chi connectivity index (χ0) is 32.4. The number of hydrogen-bond acceptors (Lipinski definition) is 6. The third-order valence-corrected chi connectivity index (χ3v) is 10.7. The van der Waals surface area contributed by atoms with E-state index >= 15 is 0 Å².